The number of thiophene rings is 1. The molecule has 1 fully saturated rings. The van der Waals surface area contributed by atoms with Gasteiger partial charge in [0.2, 0.25) is 0 Å². The van der Waals surface area contributed by atoms with Gasteiger partial charge in [-0.15, -0.1) is 0 Å². The summed E-state index contributed by atoms with van der Waals surface area (Å²) < 4.78 is 0. The van der Waals surface area contributed by atoms with Crippen LogP contribution in [-0.4, -0.2) is 16.9 Å². The van der Waals surface area contributed by atoms with Gasteiger partial charge in [-0.3, -0.25) is 14.9 Å². The highest BCUT2D eigenvalue weighted by molar-refractivity contribution is 7.08. The average molecular weight is 303 g/mol. The molecule has 0 atom stereocenters. The molecule has 0 saturated heterocycles. The SMILES string of the molecule is O=C(Nc1ccsc1)c1ccc(NC2CC2)c([N+](=O)[O-])c1. The molecule has 1 saturated carbocycles. The maximum absolute atomic E-state index is 12.1. The number of rotatable bonds is 5. The molecule has 1 aromatic carbocycles. The number of carbonyl (C=O) groups is 1. The number of nitro benzene ring substituents is 1. The number of nitro groups is 1. The van der Waals surface area contributed by atoms with Crippen molar-refractivity contribution in [3.05, 3.63) is 50.7 Å². The molecule has 1 heterocycles. The molecule has 0 unspecified atom stereocenters. The summed E-state index contributed by atoms with van der Waals surface area (Å²) in [4.78, 5) is 22.8. The molecule has 2 N–H and O–H groups in total. The number of amides is 1. The van der Waals surface area contributed by atoms with E-state index in [2.05, 4.69) is 10.6 Å². The second kappa shape index (κ2) is 5.53. The van der Waals surface area contributed by atoms with Gasteiger partial charge in [-0.25, -0.2) is 0 Å². The van der Waals surface area contributed by atoms with Crippen molar-refractivity contribution in [3.63, 3.8) is 0 Å². The van der Waals surface area contributed by atoms with E-state index in [-0.39, 0.29) is 17.2 Å². The molecule has 1 aliphatic rings. The largest absolute Gasteiger partial charge is 0.377 e. The molecule has 3 rings (SSSR count). The van der Waals surface area contributed by atoms with E-state index in [9.17, 15) is 14.9 Å². The van der Waals surface area contributed by atoms with Crippen LogP contribution in [0.2, 0.25) is 0 Å². The second-order valence-electron chi connectivity index (χ2n) is 4.87. The number of nitrogens with zero attached hydrogens (tertiary/aromatic N) is 1. The summed E-state index contributed by atoms with van der Waals surface area (Å²) >= 11 is 1.47. The van der Waals surface area contributed by atoms with Crippen LogP contribution < -0.4 is 10.6 Å². The fourth-order valence-corrected chi connectivity index (χ4v) is 2.52. The van der Waals surface area contributed by atoms with E-state index in [1.807, 2.05) is 5.38 Å². The maximum Gasteiger partial charge on any atom is 0.293 e. The molecule has 1 aromatic heterocycles. The van der Waals surface area contributed by atoms with Gasteiger partial charge in [-0.1, -0.05) is 0 Å². The normalized spacial score (nSPS) is 13.7. The van der Waals surface area contributed by atoms with E-state index in [1.165, 1.54) is 17.4 Å². The quantitative estimate of drug-likeness (QED) is 0.654. The molecule has 7 heteroatoms. The Labute approximate surface area is 124 Å². The van der Waals surface area contributed by atoms with Crippen LogP contribution in [0.5, 0.6) is 0 Å². The van der Waals surface area contributed by atoms with Gasteiger partial charge in [0.1, 0.15) is 5.69 Å². The van der Waals surface area contributed by atoms with Crippen LogP contribution in [0.1, 0.15) is 23.2 Å². The van der Waals surface area contributed by atoms with Crippen molar-refractivity contribution in [2.24, 2.45) is 0 Å². The van der Waals surface area contributed by atoms with Crippen LogP contribution in [-0.2, 0) is 0 Å². The van der Waals surface area contributed by atoms with Gasteiger partial charge in [-0.2, -0.15) is 11.3 Å². The van der Waals surface area contributed by atoms with Crippen LogP contribution >= 0.6 is 11.3 Å². The van der Waals surface area contributed by atoms with Crippen molar-refractivity contribution >= 4 is 34.3 Å². The zero-order valence-electron chi connectivity index (χ0n) is 11.0. The van der Waals surface area contributed by atoms with E-state index in [4.69, 9.17) is 0 Å². The highest BCUT2D eigenvalue weighted by Gasteiger charge is 2.25. The molecular formula is C14H13N3O3S. The molecular weight excluding hydrogens is 290 g/mol. The van der Waals surface area contributed by atoms with Gasteiger partial charge in [0, 0.05) is 23.1 Å². The maximum atomic E-state index is 12.1. The zero-order chi connectivity index (χ0) is 14.8. The number of carbonyl (C=O) groups excluding carboxylic acids is 1. The number of benzene rings is 1. The lowest BCUT2D eigenvalue weighted by Crippen LogP contribution is -2.12. The number of hydrogen-bond acceptors (Lipinski definition) is 5. The van der Waals surface area contributed by atoms with Crippen molar-refractivity contribution in [3.8, 4) is 0 Å². The minimum absolute atomic E-state index is 0.0696. The van der Waals surface area contributed by atoms with Crippen molar-refractivity contribution in [2.45, 2.75) is 18.9 Å². The summed E-state index contributed by atoms with van der Waals surface area (Å²) in [5.41, 5.74) is 1.36. The molecule has 0 bridgehead atoms. The summed E-state index contributed by atoms with van der Waals surface area (Å²) in [5.74, 6) is -0.352. The Morgan fingerprint density at radius 2 is 2.14 bits per heavy atom. The van der Waals surface area contributed by atoms with Gasteiger partial charge in [0.05, 0.1) is 10.6 Å². The Morgan fingerprint density at radius 1 is 1.33 bits per heavy atom. The Bertz CT molecular complexity index is 681. The molecule has 1 aliphatic carbocycles. The van der Waals surface area contributed by atoms with Gasteiger partial charge < -0.3 is 10.6 Å². The Hall–Kier alpha value is -2.41. The first-order valence-electron chi connectivity index (χ1n) is 6.52. The van der Waals surface area contributed by atoms with Gasteiger partial charge in [0.25, 0.3) is 11.6 Å². The fourth-order valence-electron chi connectivity index (χ4n) is 1.93. The Balaban J connectivity index is 1.83. The predicted molar refractivity (Wildman–Crippen MR) is 82.0 cm³/mol. The fraction of sp³-hybridized carbons (Fsp3) is 0.214. The van der Waals surface area contributed by atoms with Crippen molar-refractivity contribution in [1.29, 1.82) is 0 Å². The Kier molecular flexibility index (Phi) is 3.57. The lowest BCUT2D eigenvalue weighted by atomic mass is 10.1. The smallest absolute Gasteiger partial charge is 0.293 e. The highest BCUT2D eigenvalue weighted by Crippen LogP contribution is 2.31. The number of nitrogens with one attached hydrogen (secondary N) is 2. The summed E-state index contributed by atoms with van der Waals surface area (Å²) in [5, 5.41) is 20.6. The molecule has 0 spiro atoms. The Morgan fingerprint density at radius 3 is 2.76 bits per heavy atom. The third-order valence-corrected chi connectivity index (χ3v) is 3.86. The molecule has 0 aliphatic heterocycles. The standard InChI is InChI=1S/C14H13N3O3S/c18-14(16-11-5-6-21-8-11)9-1-4-12(15-10-2-3-10)13(7-9)17(19)20/h1,4-8,10,15H,2-3H2,(H,16,18). The number of anilines is 2. The van der Waals surface area contributed by atoms with E-state index in [0.29, 0.717) is 17.4 Å². The summed E-state index contributed by atoms with van der Waals surface area (Å²) in [6, 6.07) is 6.60. The van der Waals surface area contributed by atoms with Crippen LogP contribution in [0.25, 0.3) is 0 Å². The van der Waals surface area contributed by atoms with Crippen molar-refractivity contribution in [1.82, 2.24) is 0 Å². The van der Waals surface area contributed by atoms with Gasteiger partial charge in [0.15, 0.2) is 0 Å². The first-order chi connectivity index (χ1) is 10.1. The van der Waals surface area contributed by atoms with Crippen LogP contribution in [0.15, 0.2) is 35.0 Å². The second-order valence-corrected chi connectivity index (χ2v) is 5.65. The third kappa shape index (κ3) is 3.19. The molecule has 0 radical (unpaired) electrons. The molecule has 2 aromatic rings. The minimum atomic E-state index is -0.466. The lowest BCUT2D eigenvalue weighted by Gasteiger charge is -2.08. The molecule has 6 nitrogen and oxygen atoms in total. The molecule has 21 heavy (non-hydrogen) atoms. The van der Waals surface area contributed by atoms with Gasteiger partial charge >= 0.3 is 0 Å². The van der Waals surface area contributed by atoms with E-state index >= 15 is 0 Å². The highest BCUT2D eigenvalue weighted by atomic mass is 32.1. The summed E-state index contributed by atoms with van der Waals surface area (Å²) in [6.07, 6.45) is 2.05. The first-order valence-corrected chi connectivity index (χ1v) is 7.46. The molecule has 108 valence electrons. The van der Waals surface area contributed by atoms with Crippen LogP contribution in [0.4, 0.5) is 17.1 Å². The minimum Gasteiger partial charge on any atom is -0.377 e. The molecule has 1 amide bonds. The van der Waals surface area contributed by atoms with Gasteiger partial charge in [-0.05, 0) is 36.4 Å². The lowest BCUT2D eigenvalue weighted by molar-refractivity contribution is -0.384. The topological polar surface area (TPSA) is 84.3 Å². The first kappa shape index (κ1) is 13.6. The van der Waals surface area contributed by atoms with E-state index < -0.39 is 4.92 Å². The number of hydrogen-bond donors (Lipinski definition) is 2. The summed E-state index contributed by atoms with van der Waals surface area (Å²) in [6.45, 7) is 0. The third-order valence-electron chi connectivity index (χ3n) is 3.17. The van der Waals surface area contributed by atoms with Crippen LogP contribution in [0, 0.1) is 10.1 Å². The summed E-state index contributed by atoms with van der Waals surface area (Å²) in [7, 11) is 0. The predicted octanol–water partition coefficient (Wildman–Crippen LogP) is 3.48. The van der Waals surface area contributed by atoms with Crippen LogP contribution in [0.3, 0.4) is 0 Å². The van der Waals surface area contributed by atoms with E-state index in [0.717, 1.165) is 12.8 Å². The van der Waals surface area contributed by atoms with E-state index in [1.54, 1.807) is 23.6 Å². The average Bonchev–Trinajstić information content (AvgIpc) is 3.13. The van der Waals surface area contributed by atoms with Crippen molar-refractivity contribution < 1.29 is 9.72 Å². The van der Waals surface area contributed by atoms with Crippen molar-refractivity contribution in [2.75, 3.05) is 10.6 Å². The zero-order valence-corrected chi connectivity index (χ0v) is 11.9. The monoisotopic (exact) mass is 303 g/mol.